The highest BCUT2D eigenvalue weighted by atomic mass is 16.5. The lowest BCUT2D eigenvalue weighted by Crippen LogP contribution is -1.92. The monoisotopic (exact) mass is 127 g/mol. The maximum Gasteiger partial charge on any atom is 0.0644 e. The third kappa shape index (κ3) is 7.70. The van der Waals surface area contributed by atoms with E-state index in [4.69, 9.17) is 4.74 Å². The number of rotatable bonds is 6. The summed E-state index contributed by atoms with van der Waals surface area (Å²) in [4.78, 5) is 0. The molecule has 1 nitrogen and oxygen atoms in total. The molecule has 0 spiro atoms. The lowest BCUT2D eigenvalue weighted by atomic mass is 10.3. The van der Waals surface area contributed by atoms with E-state index in [1.165, 1.54) is 0 Å². The molecule has 0 amide bonds. The second-order valence-corrected chi connectivity index (χ2v) is 1.92. The van der Waals surface area contributed by atoms with Crippen LogP contribution < -0.4 is 0 Å². The van der Waals surface area contributed by atoms with Crippen molar-refractivity contribution in [1.29, 1.82) is 0 Å². The summed E-state index contributed by atoms with van der Waals surface area (Å²) in [6.45, 7) is 8.80. The lowest BCUT2D eigenvalue weighted by Gasteiger charge is -1.97. The Balaban J connectivity index is 2.66. The summed E-state index contributed by atoms with van der Waals surface area (Å²) < 4.78 is 5.14. The second kappa shape index (κ2) is 7.70. The zero-order valence-corrected chi connectivity index (χ0v) is 5.94. The predicted molar refractivity (Wildman–Crippen MR) is 40.2 cm³/mol. The Kier molecular flexibility index (Phi) is 7.44. The van der Waals surface area contributed by atoms with Gasteiger partial charge in [-0.05, 0) is 6.42 Å². The van der Waals surface area contributed by atoms with Crippen LogP contribution in [0.3, 0.4) is 0 Å². The molecule has 0 saturated heterocycles. The van der Waals surface area contributed by atoms with Crippen LogP contribution in [0.4, 0.5) is 0 Å². The molecule has 0 aliphatic heterocycles. The van der Waals surface area contributed by atoms with Crippen LogP contribution in [-0.2, 0) is 4.74 Å². The number of hydrogen-bond donors (Lipinski definition) is 0. The number of ether oxygens (including phenoxy) is 1. The van der Waals surface area contributed by atoms with Gasteiger partial charge in [0.2, 0.25) is 0 Å². The average molecular weight is 127 g/mol. The smallest absolute Gasteiger partial charge is 0.0644 e. The van der Waals surface area contributed by atoms with Crippen molar-refractivity contribution in [3.05, 3.63) is 19.6 Å². The molecule has 0 fully saturated rings. The van der Waals surface area contributed by atoms with Crippen LogP contribution in [0.2, 0.25) is 0 Å². The SMILES string of the molecule is [CH2]CCCCOCC=C. The van der Waals surface area contributed by atoms with Gasteiger partial charge in [-0.2, -0.15) is 0 Å². The van der Waals surface area contributed by atoms with Crippen molar-refractivity contribution in [2.24, 2.45) is 0 Å². The van der Waals surface area contributed by atoms with E-state index in [9.17, 15) is 0 Å². The fourth-order valence-corrected chi connectivity index (χ4v) is 0.548. The van der Waals surface area contributed by atoms with Crippen molar-refractivity contribution < 1.29 is 4.74 Å². The summed E-state index contributed by atoms with van der Waals surface area (Å²) in [6.07, 6.45) is 5.07. The van der Waals surface area contributed by atoms with Gasteiger partial charge in [0.05, 0.1) is 6.61 Å². The van der Waals surface area contributed by atoms with Crippen LogP contribution in [0, 0.1) is 6.92 Å². The van der Waals surface area contributed by atoms with Crippen molar-refractivity contribution in [2.75, 3.05) is 13.2 Å². The van der Waals surface area contributed by atoms with Crippen molar-refractivity contribution in [2.45, 2.75) is 19.3 Å². The molecule has 9 heavy (non-hydrogen) atoms. The number of unbranched alkanes of at least 4 members (excludes halogenated alkanes) is 2. The van der Waals surface area contributed by atoms with Gasteiger partial charge in [0.1, 0.15) is 0 Å². The molecule has 0 atom stereocenters. The van der Waals surface area contributed by atoms with Gasteiger partial charge in [0.25, 0.3) is 0 Å². The van der Waals surface area contributed by atoms with E-state index < -0.39 is 0 Å². The Labute approximate surface area is 57.7 Å². The van der Waals surface area contributed by atoms with Gasteiger partial charge in [-0.25, -0.2) is 0 Å². The van der Waals surface area contributed by atoms with Crippen LogP contribution in [0.5, 0.6) is 0 Å². The molecule has 0 aromatic carbocycles. The standard InChI is InChI=1S/C8H15O/c1-3-5-6-8-9-7-4-2/h4H,1-3,5-8H2. The first kappa shape index (κ1) is 8.70. The minimum absolute atomic E-state index is 0.678. The van der Waals surface area contributed by atoms with Gasteiger partial charge in [-0.3, -0.25) is 0 Å². The molecular weight excluding hydrogens is 112 g/mol. The van der Waals surface area contributed by atoms with Gasteiger partial charge in [0.15, 0.2) is 0 Å². The predicted octanol–water partition coefficient (Wildman–Crippen LogP) is 2.19. The molecule has 0 heterocycles. The fraction of sp³-hybridized carbons (Fsp3) is 0.625. The molecule has 0 aromatic rings. The van der Waals surface area contributed by atoms with Crippen molar-refractivity contribution in [3.63, 3.8) is 0 Å². The van der Waals surface area contributed by atoms with Crippen LogP contribution in [0.15, 0.2) is 12.7 Å². The minimum Gasteiger partial charge on any atom is -0.377 e. The van der Waals surface area contributed by atoms with Crippen LogP contribution in [-0.4, -0.2) is 13.2 Å². The first-order valence-corrected chi connectivity index (χ1v) is 3.39. The molecule has 0 unspecified atom stereocenters. The normalized spacial score (nSPS) is 9.44. The van der Waals surface area contributed by atoms with Gasteiger partial charge < -0.3 is 4.74 Å². The summed E-state index contributed by atoms with van der Waals surface area (Å²) in [7, 11) is 0. The average Bonchev–Trinajstić information content (AvgIpc) is 1.89. The lowest BCUT2D eigenvalue weighted by molar-refractivity contribution is 0.158. The molecular formula is C8H15O. The first-order valence-electron chi connectivity index (χ1n) is 3.39. The van der Waals surface area contributed by atoms with E-state index in [1.54, 1.807) is 6.08 Å². The van der Waals surface area contributed by atoms with Gasteiger partial charge >= 0.3 is 0 Å². The molecule has 0 bridgehead atoms. The Morgan fingerprint density at radius 1 is 1.33 bits per heavy atom. The minimum atomic E-state index is 0.678. The van der Waals surface area contributed by atoms with Crippen molar-refractivity contribution >= 4 is 0 Å². The quantitative estimate of drug-likeness (QED) is 0.392. The van der Waals surface area contributed by atoms with Gasteiger partial charge in [-0.15, -0.1) is 6.58 Å². The summed E-state index contributed by atoms with van der Waals surface area (Å²) in [5.74, 6) is 0. The van der Waals surface area contributed by atoms with Gasteiger partial charge in [-0.1, -0.05) is 25.8 Å². The zero-order chi connectivity index (χ0) is 6.95. The summed E-state index contributed by atoms with van der Waals surface area (Å²) in [5, 5.41) is 0. The van der Waals surface area contributed by atoms with Crippen molar-refractivity contribution in [3.8, 4) is 0 Å². The molecule has 0 N–H and O–H groups in total. The van der Waals surface area contributed by atoms with Crippen LogP contribution >= 0.6 is 0 Å². The molecule has 0 aromatic heterocycles. The highest BCUT2D eigenvalue weighted by Crippen LogP contribution is 1.92. The summed E-state index contributed by atoms with van der Waals surface area (Å²) >= 11 is 0. The Morgan fingerprint density at radius 3 is 2.67 bits per heavy atom. The van der Waals surface area contributed by atoms with E-state index in [0.29, 0.717) is 6.61 Å². The molecule has 0 aliphatic rings. The molecule has 0 aliphatic carbocycles. The van der Waals surface area contributed by atoms with E-state index >= 15 is 0 Å². The largest absolute Gasteiger partial charge is 0.377 e. The molecule has 1 heteroatoms. The third-order valence-electron chi connectivity index (χ3n) is 1.02. The Hall–Kier alpha value is -0.300. The van der Waals surface area contributed by atoms with Crippen LogP contribution in [0.25, 0.3) is 0 Å². The van der Waals surface area contributed by atoms with E-state index in [0.717, 1.165) is 25.9 Å². The Bertz CT molecular complexity index is 59.6. The first-order chi connectivity index (χ1) is 4.41. The fourth-order valence-electron chi connectivity index (χ4n) is 0.548. The van der Waals surface area contributed by atoms with E-state index in [1.807, 2.05) is 0 Å². The highest BCUT2D eigenvalue weighted by molar-refractivity contribution is 4.63. The molecule has 0 saturated carbocycles. The van der Waals surface area contributed by atoms with Gasteiger partial charge in [0, 0.05) is 6.61 Å². The maximum atomic E-state index is 5.14. The van der Waals surface area contributed by atoms with E-state index in [-0.39, 0.29) is 0 Å². The molecule has 1 radical (unpaired) electrons. The maximum absolute atomic E-state index is 5.14. The number of hydrogen-bond acceptors (Lipinski definition) is 1. The van der Waals surface area contributed by atoms with Crippen LogP contribution in [0.1, 0.15) is 19.3 Å². The molecule has 0 rings (SSSR count). The second-order valence-electron chi connectivity index (χ2n) is 1.92. The van der Waals surface area contributed by atoms with E-state index in [2.05, 4.69) is 13.5 Å². The zero-order valence-electron chi connectivity index (χ0n) is 5.94. The summed E-state index contributed by atoms with van der Waals surface area (Å²) in [5.41, 5.74) is 0. The topological polar surface area (TPSA) is 9.23 Å². The molecule has 53 valence electrons. The highest BCUT2D eigenvalue weighted by Gasteiger charge is 1.83. The third-order valence-corrected chi connectivity index (χ3v) is 1.02. The van der Waals surface area contributed by atoms with Crippen molar-refractivity contribution in [1.82, 2.24) is 0 Å². The Morgan fingerprint density at radius 2 is 2.11 bits per heavy atom. The summed E-state index contributed by atoms with van der Waals surface area (Å²) in [6, 6.07) is 0.